The number of hydrogen-bond donors (Lipinski definition) is 0. The van der Waals surface area contributed by atoms with Gasteiger partial charge in [0, 0.05) is 10.8 Å². The van der Waals surface area contributed by atoms with Crippen molar-refractivity contribution in [3.8, 4) is 0 Å². The number of benzene rings is 2. The number of carbonyl (C=O) groups excluding carboxylic acids is 4. The third kappa shape index (κ3) is 2.01. The van der Waals surface area contributed by atoms with Crippen LogP contribution in [0, 0.1) is 34.5 Å². The molecule has 6 nitrogen and oxygen atoms in total. The first-order chi connectivity index (χ1) is 15.3. The zero-order chi connectivity index (χ0) is 22.4. The first-order valence-electron chi connectivity index (χ1n) is 10.7. The van der Waals surface area contributed by atoms with Gasteiger partial charge in [-0.2, -0.15) is 0 Å². The summed E-state index contributed by atoms with van der Waals surface area (Å²) in [6.45, 7) is 3.62. The molecule has 0 spiro atoms. The van der Waals surface area contributed by atoms with E-state index in [1.54, 1.807) is 0 Å². The number of ether oxygens (including phenoxy) is 2. The average molecular weight is 428 g/mol. The summed E-state index contributed by atoms with van der Waals surface area (Å²) in [5, 5.41) is 0. The quantitative estimate of drug-likeness (QED) is 0.539. The molecular weight excluding hydrogens is 408 g/mol. The van der Waals surface area contributed by atoms with Crippen molar-refractivity contribution in [1.29, 1.82) is 0 Å². The molecule has 6 atom stereocenters. The Morgan fingerprint density at radius 2 is 0.812 bits per heavy atom. The van der Waals surface area contributed by atoms with Gasteiger partial charge in [-0.05, 0) is 22.3 Å². The van der Waals surface area contributed by atoms with Crippen LogP contribution in [0.5, 0.6) is 0 Å². The van der Waals surface area contributed by atoms with Gasteiger partial charge < -0.3 is 9.47 Å². The summed E-state index contributed by atoms with van der Waals surface area (Å²) in [5.41, 5.74) is 0.992. The molecular formula is C26H20O6. The minimum absolute atomic E-state index is 0.639. The van der Waals surface area contributed by atoms with Crippen molar-refractivity contribution in [3.63, 3.8) is 0 Å². The predicted octanol–water partition coefficient (Wildman–Crippen LogP) is 3.27. The molecule has 0 N–H and O–H groups in total. The Bertz CT molecular complexity index is 1100. The first kappa shape index (κ1) is 19.2. The Labute approximate surface area is 184 Å². The van der Waals surface area contributed by atoms with Gasteiger partial charge in [0.05, 0.1) is 23.7 Å². The molecule has 2 heterocycles. The molecule has 2 unspecified atom stereocenters. The maximum Gasteiger partial charge on any atom is 0.318 e. The summed E-state index contributed by atoms with van der Waals surface area (Å²) in [7, 11) is 0. The summed E-state index contributed by atoms with van der Waals surface area (Å²) in [4.78, 5) is 52.2. The Morgan fingerprint density at radius 1 is 0.531 bits per heavy atom. The number of carbonyl (C=O) groups is 4. The molecule has 3 fully saturated rings. The van der Waals surface area contributed by atoms with Gasteiger partial charge >= 0.3 is 23.9 Å². The maximum absolute atomic E-state index is 13.1. The molecule has 5 aliphatic rings. The van der Waals surface area contributed by atoms with Crippen molar-refractivity contribution in [1.82, 2.24) is 0 Å². The second-order valence-corrected chi connectivity index (χ2v) is 9.44. The van der Waals surface area contributed by atoms with E-state index in [1.807, 2.05) is 74.5 Å². The highest BCUT2D eigenvalue weighted by Gasteiger charge is 2.80. The van der Waals surface area contributed by atoms with Crippen molar-refractivity contribution < 1.29 is 28.7 Å². The topological polar surface area (TPSA) is 86.7 Å². The van der Waals surface area contributed by atoms with Gasteiger partial charge in [0.15, 0.2) is 0 Å². The van der Waals surface area contributed by atoms with E-state index in [0.717, 1.165) is 22.3 Å². The standard InChI is InChI=1S/C26H20O6/c1-25-15(13-9-5-3-6-10-13)16(14-11-7-4-8-12-14)26(2,19-17(25)21(27)31-23(19)29)20-18(25)22(28)32-24(20)30/h3-12,17-20H,1-2H3/t17-,18-,19-,20+,25?,26?/m1/s1. The third-order valence-electron chi connectivity index (χ3n) is 8.12. The Kier molecular flexibility index (Phi) is 3.61. The Hall–Kier alpha value is -3.54. The molecule has 7 rings (SSSR count). The molecule has 3 aliphatic carbocycles. The van der Waals surface area contributed by atoms with Gasteiger partial charge in [0.25, 0.3) is 0 Å². The molecule has 32 heavy (non-hydrogen) atoms. The summed E-state index contributed by atoms with van der Waals surface area (Å²) in [5.74, 6) is -6.05. The molecule has 0 amide bonds. The van der Waals surface area contributed by atoms with E-state index in [4.69, 9.17) is 9.47 Å². The van der Waals surface area contributed by atoms with E-state index in [-0.39, 0.29) is 0 Å². The van der Waals surface area contributed by atoms with Crippen molar-refractivity contribution in [2.75, 3.05) is 0 Å². The zero-order valence-corrected chi connectivity index (χ0v) is 17.5. The minimum Gasteiger partial charge on any atom is -0.393 e. The van der Waals surface area contributed by atoms with Crippen molar-refractivity contribution in [3.05, 3.63) is 71.8 Å². The van der Waals surface area contributed by atoms with E-state index in [2.05, 4.69) is 0 Å². The van der Waals surface area contributed by atoms with Gasteiger partial charge in [-0.25, -0.2) is 0 Å². The number of rotatable bonds is 2. The van der Waals surface area contributed by atoms with Crippen LogP contribution in [0.15, 0.2) is 60.7 Å². The lowest BCUT2D eigenvalue weighted by Crippen LogP contribution is -2.64. The smallest absolute Gasteiger partial charge is 0.318 e. The van der Waals surface area contributed by atoms with Crippen LogP contribution >= 0.6 is 0 Å². The van der Waals surface area contributed by atoms with Crippen LogP contribution < -0.4 is 0 Å². The van der Waals surface area contributed by atoms with E-state index in [1.165, 1.54) is 0 Å². The summed E-state index contributed by atoms with van der Waals surface area (Å²) < 4.78 is 10.3. The molecule has 0 radical (unpaired) electrons. The molecule has 0 aromatic heterocycles. The molecule has 2 aromatic rings. The number of hydrogen-bond acceptors (Lipinski definition) is 6. The summed E-state index contributed by atoms with van der Waals surface area (Å²) >= 11 is 0. The highest BCUT2D eigenvalue weighted by Crippen LogP contribution is 2.76. The van der Waals surface area contributed by atoms with Gasteiger partial charge in [-0.1, -0.05) is 74.5 Å². The highest BCUT2D eigenvalue weighted by atomic mass is 16.6. The molecule has 2 saturated heterocycles. The van der Waals surface area contributed by atoms with Crippen LogP contribution in [0.4, 0.5) is 0 Å². The number of esters is 4. The third-order valence-corrected chi connectivity index (χ3v) is 8.12. The van der Waals surface area contributed by atoms with Crippen molar-refractivity contribution in [2.45, 2.75) is 13.8 Å². The lowest BCUT2D eigenvalue weighted by Gasteiger charge is -2.61. The number of cyclic esters (lactones) is 4. The summed E-state index contributed by atoms with van der Waals surface area (Å²) in [6.07, 6.45) is 0. The second-order valence-electron chi connectivity index (χ2n) is 9.44. The van der Waals surface area contributed by atoms with Crippen LogP contribution in [-0.4, -0.2) is 23.9 Å². The van der Waals surface area contributed by atoms with Crippen LogP contribution in [0.1, 0.15) is 25.0 Å². The first-order valence-corrected chi connectivity index (χ1v) is 10.7. The molecule has 1 saturated carbocycles. The van der Waals surface area contributed by atoms with Gasteiger partial charge in [-0.15, -0.1) is 0 Å². The number of allylic oxidation sites excluding steroid dienone is 2. The zero-order valence-electron chi connectivity index (χ0n) is 17.5. The SMILES string of the molecule is CC12C(c3ccccc3)=C(c3ccccc3)C(C)([C@H]3C(=O)OC(=O)[C@H]31)[C@H]1C(=O)OC(=O)[C@@H]12. The largest absolute Gasteiger partial charge is 0.393 e. The van der Waals surface area contributed by atoms with E-state index >= 15 is 0 Å². The molecule has 2 aromatic carbocycles. The molecule has 6 heteroatoms. The lowest BCUT2D eigenvalue weighted by molar-refractivity contribution is -0.154. The van der Waals surface area contributed by atoms with Crippen LogP contribution in [-0.2, 0) is 28.7 Å². The highest BCUT2D eigenvalue weighted by molar-refractivity contribution is 6.13. The Morgan fingerprint density at radius 3 is 1.09 bits per heavy atom. The monoisotopic (exact) mass is 428 g/mol. The molecule has 2 bridgehead atoms. The lowest BCUT2D eigenvalue weighted by atomic mass is 9.36. The fourth-order valence-corrected chi connectivity index (χ4v) is 7.03. The minimum atomic E-state index is -1.15. The summed E-state index contributed by atoms with van der Waals surface area (Å²) in [6, 6.07) is 19.1. The molecule has 2 aliphatic heterocycles. The Balaban J connectivity index is 1.80. The van der Waals surface area contributed by atoms with Crippen LogP contribution in [0.25, 0.3) is 11.1 Å². The molecule has 160 valence electrons. The van der Waals surface area contributed by atoms with Crippen LogP contribution in [0.3, 0.4) is 0 Å². The van der Waals surface area contributed by atoms with E-state index < -0.39 is 58.4 Å². The predicted molar refractivity (Wildman–Crippen MR) is 112 cm³/mol. The van der Waals surface area contributed by atoms with Crippen LogP contribution in [0.2, 0.25) is 0 Å². The second kappa shape index (κ2) is 6.03. The average Bonchev–Trinajstić information content (AvgIpc) is 3.27. The fourth-order valence-electron chi connectivity index (χ4n) is 7.03. The van der Waals surface area contributed by atoms with Crippen molar-refractivity contribution >= 4 is 35.0 Å². The normalized spacial score (nSPS) is 37.3. The van der Waals surface area contributed by atoms with Crippen molar-refractivity contribution in [2.24, 2.45) is 34.5 Å². The van der Waals surface area contributed by atoms with Gasteiger partial charge in [0.1, 0.15) is 0 Å². The fraction of sp³-hybridized carbons (Fsp3) is 0.308. The van der Waals surface area contributed by atoms with E-state index in [0.29, 0.717) is 0 Å². The van der Waals surface area contributed by atoms with Gasteiger partial charge in [0.2, 0.25) is 0 Å². The van der Waals surface area contributed by atoms with E-state index in [9.17, 15) is 19.2 Å². The maximum atomic E-state index is 13.1. The van der Waals surface area contributed by atoms with Gasteiger partial charge in [-0.3, -0.25) is 19.2 Å².